The maximum absolute atomic E-state index is 2.43. The van der Waals surface area contributed by atoms with Crippen molar-refractivity contribution in [3.05, 3.63) is 11.4 Å². The Bertz CT molecular complexity index is 172. The van der Waals surface area contributed by atoms with E-state index in [-0.39, 0.29) is 0 Å². The molecule has 0 saturated carbocycles. The van der Waals surface area contributed by atoms with Crippen molar-refractivity contribution in [2.75, 3.05) is 20.3 Å². The van der Waals surface area contributed by atoms with Crippen LogP contribution in [0, 0.1) is 0 Å². The minimum Gasteiger partial charge on any atom is -0.359 e. The van der Waals surface area contributed by atoms with Gasteiger partial charge in [0.2, 0.25) is 0 Å². The fraction of sp³-hybridized carbons (Fsp3) is 0.778. The molecule has 0 aromatic carbocycles. The zero-order valence-electron chi connectivity index (χ0n) is 8.02. The van der Waals surface area contributed by atoms with E-state index in [1.807, 2.05) is 0 Å². The van der Waals surface area contributed by atoms with E-state index in [0.29, 0.717) is 0 Å². The fourth-order valence-electron chi connectivity index (χ4n) is 1.48. The Hall–Kier alpha value is -0.660. The molecule has 0 amide bonds. The second-order valence-electron chi connectivity index (χ2n) is 3.27. The van der Waals surface area contributed by atoms with Crippen molar-refractivity contribution < 1.29 is 0 Å². The molecule has 11 heavy (non-hydrogen) atoms. The van der Waals surface area contributed by atoms with Crippen LogP contribution in [0.3, 0.4) is 0 Å². The van der Waals surface area contributed by atoms with E-state index in [9.17, 15) is 0 Å². The van der Waals surface area contributed by atoms with Crippen LogP contribution < -0.4 is 0 Å². The summed E-state index contributed by atoms with van der Waals surface area (Å²) in [6.45, 7) is 8.87. The molecule has 0 unspecified atom stereocenters. The molecule has 0 saturated heterocycles. The molecule has 0 aliphatic carbocycles. The van der Waals surface area contributed by atoms with E-state index in [4.69, 9.17) is 0 Å². The summed E-state index contributed by atoms with van der Waals surface area (Å²) >= 11 is 0. The van der Waals surface area contributed by atoms with Crippen LogP contribution in [0.15, 0.2) is 11.4 Å². The Morgan fingerprint density at radius 3 is 2.27 bits per heavy atom. The molecule has 0 spiro atoms. The van der Waals surface area contributed by atoms with E-state index >= 15 is 0 Å². The van der Waals surface area contributed by atoms with Crippen LogP contribution in [-0.4, -0.2) is 30.1 Å². The normalized spacial score (nSPS) is 18.5. The molecule has 1 rings (SSSR count). The minimum absolute atomic E-state index is 1.07. The van der Waals surface area contributed by atoms with E-state index < -0.39 is 0 Å². The standard InChI is InChI=1S/C9H18N2/c1-5-6-11-7-10(4)8(2)9(11)3/h5-7H2,1-4H3. The van der Waals surface area contributed by atoms with Gasteiger partial charge in [0.25, 0.3) is 0 Å². The lowest BCUT2D eigenvalue weighted by atomic mass is 10.3. The Labute approximate surface area is 69.5 Å². The average Bonchev–Trinajstić information content (AvgIpc) is 2.19. The lowest BCUT2D eigenvalue weighted by Gasteiger charge is -2.19. The highest BCUT2D eigenvalue weighted by atomic mass is 15.4. The van der Waals surface area contributed by atoms with Crippen LogP contribution in [0.5, 0.6) is 0 Å². The number of hydrogen-bond donors (Lipinski definition) is 0. The number of allylic oxidation sites excluding steroid dienone is 2. The molecule has 1 aliphatic heterocycles. The highest BCUT2D eigenvalue weighted by Crippen LogP contribution is 2.20. The molecule has 0 bridgehead atoms. The largest absolute Gasteiger partial charge is 0.359 e. The van der Waals surface area contributed by atoms with Gasteiger partial charge in [-0.15, -0.1) is 0 Å². The van der Waals surface area contributed by atoms with Gasteiger partial charge in [-0.3, -0.25) is 0 Å². The summed E-state index contributed by atoms with van der Waals surface area (Å²) in [7, 11) is 2.15. The molecule has 1 aliphatic rings. The molecule has 0 aromatic heterocycles. The van der Waals surface area contributed by atoms with Crippen molar-refractivity contribution in [3.63, 3.8) is 0 Å². The first-order valence-electron chi connectivity index (χ1n) is 4.30. The maximum atomic E-state index is 2.43. The van der Waals surface area contributed by atoms with Crippen LogP contribution in [0.2, 0.25) is 0 Å². The van der Waals surface area contributed by atoms with Crippen molar-refractivity contribution in [3.8, 4) is 0 Å². The van der Waals surface area contributed by atoms with Gasteiger partial charge in [0.1, 0.15) is 0 Å². The predicted molar refractivity (Wildman–Crippen MR) is 48.0 cm³/mol. The zero-order chi connectivity index (χ0) is 8.43. The SMILES string of the molecule is CCCN1CN(C)C(C)=C1C. The Balaban J connectivity index is 2.62. The summed E-state index contributed by atoms with van der Waals surface area (Å²) in [5.41, 5.74) is 2.85. The quantitative estimate of drug-likeness (QED) is 0.599. The summed E-state index contributed by atoms with van der Waals surface area (Å²) in [6, 6.07) is 0. The van der Waals surface area contributed by atoms with Gasteiger partial charge in [0.05, 0.1) is 6.67 Å². The summed E-state index contributed by atoms with van der Waals surface area (Å²) in [5, 5.41) is 0. The second kappa shape index (κ2) is 3.16. The van der Waals surface area contributed by atoms with E-state index in [1.54, 1.807) is 0 Å². The average molecular weight is 154 g/mol. The Morgan fingerprint density at radius 2 is 1.91 bits per heavy atom. The molecular formula is C9H18N2. The third kappa shape index (κ3) is 1.50. The summed E-state index contributed by atoms with van der Waals surface area (Å²) < 4.78 is 0. The van der Waals surface area contributed by atoms with Gasteiger partial charge < -0.3 is 9.80 Å². The van der Waals surface area contributed by atoms with Crippen molar-refractivity contribution in [2.24, 2.45) is 0 Å². The van der Waals surface area contributed by atoms with Gasteiger partial charge in [-0.1, -0.05) is 6.92 Å². The smallest absolute Gasteiger partial charge is 0.0895 e. The summed E-state index contributed by atoms with van der Waals surface area (Å²) in [4.78, 5) is 4.72. The van der Waals surface area contributed by atoms with E-state index in [1.165, 1.54) is 24.4 Å². The molecule has 1 heterocycles. The monoisotopic (exact) mass is 154 g/mol. The number of nitrogens with zero attached hydrogens (tertiary/aromatic N) is 2. The highest BCUT2D eigenvalue weighted by Gasteiger charge is 2.18. The van der Waals surface area contributed by atoms with Gasteiger partial charge in [-0.05, 0) is 20.3 Å². The molecule has 64 valence electrons. The van der Waals surface area contributed by atoms with Crippen molar-refractivity contribution in [2.45, 2.75) is 27.2 Å². The van der Waals surface area contributed by atoms with Crippen LogP contribution in [0.1, 0.15) is 27.2 Å². The molecule has 2 heteroatoms. The van der Waals surface area contributed by atoms with Gasteiger partial charge in [0, 0.05) is 25.0 Å². The summed E-state index contributed by atoms with van der Waals surface area (Å²) in [6.07, 6.45) is 1.23. The minimum atomic E-state index is 1.07. The van der Waals surface area contributed by atoms with E-state index in [0.717, 1.165) is 6.67 Å². The van der Waals surface area contributed by atoms with E-state index in [2.05, 4.69) is 37.6 Å². The number of hydrogen-bond acceptors (Lipinski definition) is 2. The zero-order valence-corrected chi connectivity index (χ0v) is 8.02. The van der Waals surface area contributed by atoms with Crippen molar-refractivity contribution >= 4 is 0 Å². The topological polar surface area (TPSA) is 6.48 Å². The summed E-state index contributed by atoms with van der Waals surface area (Å²) in [5.74, 6) is 0. The predicted octanol–water partition coefficient (Wildman–Crippen LogP) is 1.85. The molecular weight excluding hydrogens is 136 g/mol. The van der Waals surface area contributed by atoms with Crippen molar-refractivity contribution in [1.82, 2.24) is 9.80 Å². The van der Waals surface area contributed by atoms with Crippen LogP contribution >= 0.6 is 0 Å². The highest BCUT2D eigenvalue weighted by molar-refractivity contribution is 5.12. The lowest BCUT2D eigenvalue weighted by molar-refractivity contribution is 0.277. The molecule has 2 nitrogen and oxygen atoms in total. The first-order valence-corrected chi connectivity index (χ1v) is 4.30. The molecule has 0 aromatic rings. The van der Waals surface area contributed by atoms with Crippen molar-refractivity contribution in [1.29, 1.82) is 0 Å². The van der Waals surface area contributed by atoms with Crippen LogP contribution in [0.4, 0.5) is 0 Å². The molecule has 0 radical (unpaired) electrons. The van der Waals surface area contributed by atoms with Gasteiger partial charge >= 0.3 is 0 Å². The molecule has 0 atom stereocenters. The molecule has 0 fully saturated rings. The lowest BCUT2D eigenvalue weighted by Crippen LogP contribution is -2.25. The molecule has 0 N–H and O–H groups in total. The van der Waals surface area contributed by atoms with Crippen LogP contribution in [-0.2, 0) is 0 Å². The first-order chi connectivity index (χ1) is 5.16. The van der Waals surface area contributed by atoms with Gasteiger partial charge in [-0.2, -0.15) is 0 Å². The fourth-order valence-corrected chi connectivity index (χ4v) is 1.48. The van der Waals surface area contributed by atoms with Crippen LogP contribution in [0.25, 0.3) is 0 Å². The number of rotatable bonds is 2. The first kappa shape index (κ1) is 8.44. The Kier molecular flexibility index (Phi) is 2.42. The van der Waals surface area contributed by atoms with Gasteiger partial charge in [0.15, 0.2) is 0 Å². The third-order valence-corrected chi connectivity index (χ3v) is 2.45. The maximum Gasteiger partial charge on any atom is 0.0895 e. The Morgan fingerprint density at radius 1 is 1.27 bits per heavy atom. The second-order valence-corrected chi connectivity index (χ2v) is 3.27. The third-order valence-electron chi connectivity index (χ3n) is 2.45. The van der Waals surface area contributed by atoms with Gasteiger partial charge in [-0.25, -0.2) is 0 Å².